The molecule has 8 nitrogen and oxygen atoms in total. The molecular weight excluding hydrogens is 545 g/mol. The zero-order valence-electron chi connectivity index (χ0n) is 20.4. The highest BCUT2D eigenvalue weighted by Crippen LogP contribution is 2.36. The van der Waals surface area contributed by atoms with Crippen LogP contribution in [0.15, 0.2) is 85.1 Å². The van der Waals surface area contributed by atoms with Gasteiger partial charge in [0.2, 0.25) is 10.0 Å². The summed E-state index contributed by atoms with van der Waals surface area (Å²) in [6, 6.07) is 23.1. The molecule has 1 aliphatic rings. The second kappa shape index (κ2) is 10.8. The van der Waals surface area contributed by atoms with Gasteiger partial charge in [0, 0.05) is 41.0 Å². The molecule has 1 aromatic heterocycles. The van der Waals surface area contributed by atoms with Crippen LogP contribution in [0.2, 0.25) is 10.0 Å². The van der Waals surface area contributed by atoms with Gasteiger partial charge < -0.3 is 5.32 Å². The Kier molecular flexibility index (Phi) is 7.45. The first-order valence-corrected chi connectivity index (χ1v) is 14.4. The molecule has 4 aromatic rings. The minimum Gasteiger partial charge on any atom is -0.305 e. The summed E-state index contributed by atoms with van der Waals surface area (Å²) in [6.45, 7) is 0.985. The molecule has 0 radical (unpaired) electrons. The number of benzene rings is 3. The lowest BCUT2D eigenvalue weighted by Crippen LogP contribution is -2.61. The summed E-state index contributed by atoms with van der Waals surface area (Å²) < 4.78 is 27.3. The summed E-state index contributed by atoms with van der Waals surface area (Å²) in [5.41, 5.74) is 2.84. The van der Waals surface area contributed by atoms with Crippen LogP contribution in [-0.2, 0) is 10.0 Å². The van der Waals surface area contributed by atoms with E-state index < -0.39 is 10.0 Å². The second-order valence-electron chi connectivity index (χ2n) is 9.14. The van der Waals surface area contributed by atoms with Crippen LogP contribution in [0, 0.1) is 0 Å². The number of hydrogen-bond donors (Lipinski definition) is 2. The standard InChI is InChI=1S/C27H25Cl2N5O3S/c1-38(36,37)34(23-4-2-3-20(15-23)27(35)31-25-13-14-30-32-25)24-16-33(17-24)26(18-5-9-21(28)10-6-18)19-7-11-22(29)12-8-19/h2-15,24,26H,16-17H2,1H3,(H2,30,31,32,35). The number of H-pyrrole nitrogens is 1. The molecule has 38 heavy (non-hydrogen) atoms. The van der Waals surface area contributed by atoms with Crippen LogP contribution in [0.5, 0.6) is 0 Å². The van der Waals surface area contributed by atoms with Gasteiger partial charge in [0.1, 0.15) is 0 Å². The van der Waals surface area contributed by atoms with E-state index in [0.717, 1.165) is 11.1 Å². The number of carbonyl (C=O) groups excluding carboxylic acids is 1. The summed E-state index contributed by atoms with van der Waals surface area (Å²) in [6.07, 6.45) is 2.78. The number of amides is 1. The molecule has 1 amide bonds. The third-order valence-corrected chi connectivity index (χ3v) is 8.15. The van der Waals surface area contributed by atoms with Crippen molar-refractivity contribution in [3.63, 3.8) is 0 Å². The Labute approximate surface area is 231 Å². The summed E-state index contributed by atoms with van der Waals surface area (Å²) in [7, 11) is -3.64. The molecule has 1 aliphatic heterocycles. The molecule has 3 aromatic carbocycles. The van der Waals surface area contributed by atoms with Gasteiger partial charge in [-0.25, -0.2) is 8.42 Å². The molecule has 11 heteroatoms. The van der Waals surface area contributed by atoms with E-state index in [1.807, 2.05) is 48.5 Å². The monoisotopic (exact) mass is 569 g/mol. The Balaban J connectivity index is 1.40. The zero-order chi connectivity index (χ0) is 26.9. The Bertz CT molecular complexity index is 1480. The van der Waals surface area contributed by atoms with Crippen molar-refractivity contribution in [3.05, 3.63) is 112 Å². The number of nitrogens with one attached hydrogen (secondary N) is 2. The van der Waals surface area contributed by atoms with E-state index in [-0.39, 0.29) is 18.0 Å². The largest absolute Gasteiger partial charge is 0.305 e. The van der Waals surface area contributed by atoms with Crippen molar-refractivity contribution in [3.8, 4) is 0 Å². The van der Waals surface area contributed by atoms with Crippen molar-refractivity contribution in [1.82, 2.24) is 15.1 Å². The highest BCUT2D eigenvalue weighted by Gasteiger charge is 2.40. The Hall–Kier alpha value is -3.37. The lowest BCUT2D eigenvalue weighted by atomic mass is 9.93. The first-order valence-electron chi connectivity index (χ1n) is 11.8. The minimum absolute atomic E-state index is 0.104. The van der Waals surface area contributed by atoms with E-state index in [4.69, 9.17) is 23.2 Å². The number of anilines is 2. The Morgan fingerprint density at radius 3 is 2.13 bits per heavy atom. The molecular formula is C27H25Cl2N5O3S. The Morgan fingerprint density at radius 2 is 1.61 bits per heavy atom. The summed E-state index contributed by atoms with van der Waals surface area (Å²) in [5, 5.41) is 10.5. The van der Waals surface area contributed by atoms with Crippen LogP contribution >= 0.6 is 23.2 Å². The number of nitrogens with zero attached hydrogens (tertiary/aromatic N) is 3. The van der Waals surface area contributed by atoms with Gasteiger partial charge in [-0.2, -0.15) is 5.10 Å². The molecule has 0 unspecified atom stereocenters. The van der Waals surface area contributed by atoms with Crippen LogP contribution < -0.4 is 9.62 Å². The van der Waals surface area contributed by atoms with Crippen molar-refractivity contribution < 1.29 is 13.2 Å². The normalized spacial score (nSPS) is 14.3. The maximum Gasteiger partial charge on any atom is 0.256 e. The SMILES string of the molecule is CS(=O)(=O)N(c1cccc(C(=O)Nc2cc[nH]n2)c1)C1CN(C(c2ccc(Cl)cc2)c2ccc(Cl)cc2)C1. The first kappa shape index (κ1) is 26.2. The highest BCUT2D eigenvalue weighted by molar-refractivity contribution is 7.92. The van der Waals surface area contributed by atoms with Gasteiger partial charge in [0.05, 0.1) is 24.0 Å². The first-order chi connectivity index (χ1) is 18.2. The molecule has 1 saturated heterocycles. The third-order valence-electron chi connectivity index (χ3n) is 6.42. The Morgan fingerprint density at radius 1 is 1.00 bits per heavy atom. The van der Waals surface area contributed by atoms with Crippen LogP contribution in [-0.4, -0.2) is 54.8 Å². The fourth-order valence-electron chi connectivity index (χ4n) is 4.73. The maximum absolute atomic E-state index is 13.0. The van der Waals surface area contributed by atoms with Crippen molar-refractivity contribution in [2.24, 2.45) is 0 Å². The maximum atomic E-state index is 13.0. The van der Waals surface area contributed by atoms with Gasteiger partial charge in [-0.05, 0) is 53.6 Å². The fraction of sp³-hybridized carbons (Fsp3) is 0.185. The average Bonchev–Trinajstić information content (AvgIpc) is 3.37. The van der Waals surface area contributed by atoms with Gasteiger partial charge in [-0.15, -0.1) is 0 Å². The van der Waals surface area contributed by atoms with Crippen LogP contribution in [0.3, 0.4) is 0 Å². The summed E-state index contributed by atoms with van der Waals surface area (Å²) in [5.74, 6) is -0.00127. The van der Waals surface area contributed by atoms with Crippen LogP contribution in [0.4, 0.5) is 11.5 Å². The van der Waals surface area contributed by atoms with E-state index in [1.54, 1.807) is 36.5 Å². The lowest BCUT2D eigenvalue weighted by Gasteiger charge is -2.48. The molecule has 0 saturated carbocycles. The van der Waals surface area contributed by atoms with Gasteiger partial charge in [-0.1, -0.05) is 53.5 Å². The molecule has 0 spiro atoms. The third kappa shape index (κ3) is 5.71. The highest BCUT2D eigenvalue weighted by atomic mass is 35.5. The second-order valence-corrected chi connectivity index (χ2v) is 11.9. The molecule has 196 valence electrons. The number of aromatic nitrogens is 2. The predicted molar refractivity (Wildman–Crippen MR) is 150 cm³/mol. The number of aromatic amines is 1. The summed E-state index contributed by atoms with van der Waals surface area (Å²) in [4.78, 5) is 14.9. The zero-order valence-corrected chi connectivity index (χ0v) is 22.7. The number of halogens is 2. The van der Waals surface area contributed by atoms with Crippen molar-refractivity contribution in [1.29, 1.82) is 0 Å². The molecule has 2 heterocycles. The van der Waals surface area contributed by atoms with Gasteiger partial charge >= 0.3 is 0 Å². The average molecular weight is 571 g/mol. The topological polar surface area (TPSA) is 98.4 Å². The van der Waals surface area contributed by atoms with Crippen molar-refractivity contribution in [2.75, 3.05) is 29.0 Å². The number of sulfonamides is 1. The molecule has 0 aliphatic carbocycles. The number of carbonyl (C=O) groups is 1. The quantitative estimate of drug-likeness (QED) is 0.303. The number of likely N-dealkylation sites (tertiary alicyclic amines) is 1. The number of hydrogen-bond acceptors (Lipinski definition) is 5. The molecule has 0 atom stereocenters. The lowest BCUT2D eigenvalue weighted by molar-refractivity contribution is 0.102. The van der Waals surface area contributed by atoms with E-state index in [1.165, 1.54) is 10.6 Å². The van der Waals surface area contributed by atoms with E-state index >= 15 is 0 Å². The molecule has 1 fully saturated rings. The van der Waals surface area contributed by atoms with Crippen molar-refractivity contribution >= 4 is 50.6 Å². The predicted octanol–water partition coefficient (Wildman–Crippen LogP) is 5.21. The minimum atomic E-state index is -3.64. The summed E-state index contributed by atoms with van der Waals surface area (Å²) >= 11 is 12.3. The van der Waals surface area contributed by atoms with E-state index in [2.05, 4.69) is 20.4 Å². The van der Waals surface area contributed by atoms with Crippen LogP contribution in [0.1, 0.15) is 27.5 Å². The molecule has 0 bridgehead atoms. The number of rotatable bonds is 8. The van der Waals surface area contributed by atoms with Gasteiger partial charge in [-0.3, -0.25) is 19.1 Å². The van der Waals surface area contributed by atoms with Gasteiger partial charge in [0.25, 0.3) is 5.91 Å². The van der Waals surface area contributed by atoms with E-state index in [9.17, 15) is 13.2 Å². The van der Waals surface area contributed by atoms with Crippen LogP contribution in [0.25, 0.3) is 0 Å². The van der Waals surface area contributed by atoms with Crippen molar-refractivity contribution in [2.45, 2.75) is 12.1 Å². The smallest absolute Gasteiger partial charge is 0.256 e. The fourth-order valence-corrected chi connectivity index (χ4v) is 6.15. The van der Waals surface area contributed by atoms with Gasteiger partial charge in [0.15, 0.2) is 5.82 Å². The van der Waals surface area contributed by atoms with E-state index in [0.29, 0.717) is 40.2 Å². The molecule has 2 N–H and O–H groups in total. The molecule has 5 rings (SSSR count).